The minimum atomic E-state index is 0.0803. The standard InChI is InChI=1S/C7H11BrN2S/c1-7(2,3)6-9-5(4-8)11-10-6/h4H2,1-3H3. The summed E-state index contributed by atoms with van der Waals surface area (Å²) in [5.41, 5.74) is 0.0803. The first-order chi connectivity index (χ1) is 5.04. The van der Waals surface area contributed by atoms with E-state index in [9.17, 15) is 0 Å². The van der Waals surface area contributed by atoms with Crippen LogP contribution in [0.3, 0.4) is 0 Å². The topological polar surface area (TPSA) is 25.8 Å². The summed E-state index contributed by atoms with van der Waals surface area (Å²) in [5, 5.41) is 1.86. The molecule has 1 aromatic heterocycles. The molecule has 0 aromatic carbocycles. The number of hydrogen-bond donors (Lipinski definition) is 0. The third-order valence-corrected chi connectivity index (χ3v) is 2.87. The summed E-state index contributed by atoms with van der Waals surface area (Å²) in [7, 11) is 0. The third-order valence-electron chi connectivity index (χ3n) is 1.25. The fourth-order valence-corrected chi connectivity index (χ4v) is 1.73. The van der Waals surface area contributed by atoms with Gasteiger partial charge in [-0.05, 0) is 11.5 Å². The van der Waals surface area contributed by atoms with Gasteiger partial charge < -0.3 is 0 Å². The summed E-state index contributed by atoms with van der Waals surface area (Å²) < 4.78 is 4.26. The second kappa shape index (κ2) is 3.19. The van der Waals surface area contributed by atoms with E-state index in [1.54, 1.807) is 0 Å². The fourth-order valence-electron chi connectivity index (χ4n) is 0.614. The monoisotopic (exact) mass is 234 g/mol. The molecule has 62 valence electrons. The third kappa shape index (κ3) is 2.24. The van der Waals surface area contributed by atoms with Crippen molar-refractivity contribution in [2.45, 2.75) is 31.5 Å². The number of nitrogens with zero attached hydrogens (tertiary/aromatic N) is 2. The maximum Gasteiger partial charge on any atom is 0.147 e. The molecule has 1 rings (SSSR count). The van der Waals surface area contributed by atoms with Gasteiger partial charge in [0, 0.05) is 5.41 Å². The highest BCUT2D eigenvalue weighted by molar-refractivity contribution is 9.08. The van der Waals surface area contributed by atoms with Gasteiger partial charge in [-0.25, -0.2) is 4.98 Å². The smallest absolute Gasteiger partial charge is 0.147 e. The van der Waals surface area contributed by atoms with E-state index >= 15 is 0 Å². The SMILES string of the molecule is CC(C)(C)c1nsc(CBr)n1. The Morgan fingerprint density at radius 2 is 2.09 bits per heavy atom. The maximum absolute atomic E-state index is 4.36. The van der Waals surface area contributed by atoms with E-state index in [1.807, 2.05) is 0 Å². The lowest BCUT2D eigenvalue weighted by Crippen LogP contribution is -2.13. The molecule has 0 amide bonds. The first-order valence-corrected chi connectivity index (χ1v) is 5.32. The minimum Gasteiger partial charge on any atom is -0.223 e. The van der Waals surface area contributed by atoms with Gasteiger partial charge in [-0.15, -0.1) is 0 Å². The highest BCUT2D eigenvalue weighted by Gasteiger charge is 2.18. The molecule has 0 saturated carbocycles. The first kappa shape index (κ1) is 9.13. The molecular formula is C7H11BrN2S. The van der Waals surface area contributed by atoms with Crippen molar-refractivity contribution in [3.63, 3.8) is 0 Å². The molecule has 0 saturated heterocycles. The van der Waals surface area contributed by atoms with Crippen LogP contribution in [0.1, 0.15) is 31.6 Å². The Morgan fingerprint density at radius 3 is 2.36 bits per heavy atom. The summed E-state index contributed by atoms with van der Waals surface area (Å²) in [6, 6.07) is 0. The van der Waals surface area contributed by atoms with E-state index < -0.39 is 0 Å². The van der Waals surface area contributed by atoms with Crippen LogP contribution in [0.15, 0.2) is 0 Å². The van der Waals surface area contributed by atoms with Gasteiger partial charge in [0.15, 0.2) is 0 Å². The van der Waals surface area contributed by atoms with E-state index in [0.29, 0.717) is 0 Å². The van der Waals surface area contributed by atoms with Crippen molar-refractivity contribution in [2.24, 2.45) is 0 Å². The average molecular weight is 235 g/mol. The number of aromatic nitrogens is 2. The predicted octanol–water partition coefficient (Wildman–Crippen LogP) is 2.73. The van der Waals surface area contributed by atoms with Gasteiger partial charge >= 0.3 is 0 Å². The van der Waals surface area contributed by atoms with Crippen LogP contribution in [0, 0.1) is 0 Å². The van der Waals surface area contributed by atoms with Crippen LogP contribution >= 0.6 is 27.5 Å². The average Bonchev–Trinajstić information content (AvgIpc) is 2.32. The van der Waals surface area contributed by atoms with Gasteiger partial charge in [0.25, 0.3) is 0 Å². The van der Waals surface area contributed by atoms with Gasteiger partial charge in [0.05, 0.1) is 5.33 Å². The van der Waals surface area contributed by atoms with E-state index in [1.165, 1.54) is 11.5 Å². The van der Waals surface area contributed by atoms with E-state index in [-0.39, 0.29) is 5.41 Å². The summed E-state index contributed by atoms with van der Waals surface area (Å²) in [6.07, 6.45) is 0. The Labute approximate surface area is 79.3 Å². The zero-order valence-corrected chi connectivity index (χ0v) is 9.29. The largest absolute Gasteiger partial charge is 0.223 e. The van der Waals surface area contributed by atoms with Crippen LogP contribution in [-0.4, -0.2) is 9.36 Å². The van der Waals surface area contributed by atoms with Crippen LogP contribution in [0.2, 0.25) is 0 Å². The lowest BCUT2D eigenvalue weighted by atomic mass is 9.96. The molecule has 0 aliphatic carbocycles. The number of rotatable bonds is 1. The van der Waals surface area contributed by atoms with E-state index in [4.69, 9.17) is 0 Å². The Kier molecular flexibility index (Phi) is 2.65. The highest BCUT2D eigenvalue weighted by atomic mass is 79.9. The summed E-state index contributed by atoms with van der Waals surface area (Å²) in [4.78, 5) is 4.36. The normalized spacial score (nSPS) is 12.0. The van der Waals surface area contributed by atoms with Crippen LogP contribution < -0.4 is 0 Å². The summed E-state index contributed by atoms with van der Waals surface area (Å²) in [5.74, 6) is 0.942. The number of alkyl halides is 1. The molecule has 0 atom stereocenters. The van der Waals surface area contributed by atoms with Gasteiger partial charge in [-0.1, -0.05) is 36.7 Å². The highest BCUT2D eigenvalue weighted by Crippen LogP contribution is 2.21. The van der Waals surface area contributed by atoms with Gasteiger partial charge in [0.1, 0.15) is 10.8 Å². The maximum atomic E-state index is 4.36. The van der Waals surface area contributed by atoms with E-state index in [0.717, 1.165) is 16.2 Å². The Bertz CT molecular complexity index is 239. The van der Waals surface area contributed by atoms with Gasteiger partial charge in [-0.3, -0.25) is 0 Å². The molecule has 4 heteroatoms. The molecule has 0 fully saturated rings. The Hall–Kier alpha value is 0.0400. The fraction of sp³-hybridized carbons (Fsp3) is 0.714. The molecular weight excluding hydrogens is 224 g/mol. The molecule has 0 aliphatic rings. The molecule has 0 unspecified atom stereocenters. The molecule has 1 aromatic rings. The molecule has 0 aliphatic heterocycles. The summed E-state index contributed by atoms with van der Waals surface area (Å²) >= 11 is 4.81. The zero-order chi connectivity index (χ0) is 8.48. The lowest BCUT2D eigenvalue weighted by Gasteiger charge is -2.11. The van der Waals surface area contributed by atoms with Crippen molar-refractivity contribution < 1.29 is 0 Å². The second-order valence-electron chi connectivity index (χ2n) is 3.40. The van der Waals surface area contributed by atoms with Crippen LogP contribution in [0.5, 0.6) is 0 Å². The van der Waals surface area contributed by atoms with Crippen molar-refractivity contribution in [3.05, 3.63) is 10.8 Å². The van der Waals surface area contributed by atoms with Crippen molar-refractivity contribution in [2.75, 3.05) is 0 Å². The molecule has 0 radical (unpaired) electrons. The Balaban J connectivity index is 2.89. The van der Waals surface area contributed by atoms with Crippen LogP contribution in [0.4, 0.5) is 0 Å². The van der Waals surface area contributed by atoms with Crippen molar-refractivity contribution in [1.29, 1.82) is 0 Å². The van der Waals surface area contributed by atoms with Crippen LogP contribution in [-0.2, 0) is 10.7 Å². The molecule has 2 nitrogen and oxygen atoms in total. The number of halogens is 1. The molecule has 1 heterocycles. The molecule has 11 heavy (non-hydrogen) atoms. The summed E-state index contributed by atoms with van der Waals surface area (Å²) in [6.45, 7) is 6.35. The second-order valence-corrected chi connectivity index (χ2v) is 4.79. The Morgan fingerprint density at radius 1 is 1.45 bits per heavy atom. The zero-order valence-electron chi connectivity index (χ0n) is 6.89. The van der Waals surface area contributed by atoms with Crippen molar-refractivity contribution in [1.82, 2.24) is 9.36 Å². The van der Waals surface area contributed by atoms with Gasteiger partial charge in [0.2, 0.25) is 0 Å². The van der Waals surface area contributed by atoms with Crippen molar-refractivity contribution in [3.8, 4) is 0 Å². The minimum absolute atomic E-state index is 0.0803. The lowest BCUT2D eigenvalue weighted by molar-refractivity contribution is 0.553. The van der Waals surface area contributed by atoms with Crippen molar-refractivity contribution >= 4 is 27.5 Å². The first-order valence-electron chi connectivity index (χ1n) is 3.43. The van der Waals surface area contributed by atoms with E-state index in [2.05, 4.69) is 46.1 Å². The predicted molar refractivity (Wildman–Crippen MR) is 51.2 cm³/mol. The molecule has 0 spiro atoms. The van der Waals surface area contributed by atoms with Gasteiger partial charge in [-0.2, -0.15) is 4.37 Å². The number of hydrogen-bond acceptors (Lipinski definition) is 3. The molecule has 0 bridgehead atoms. The van der Waals surface area contributed by atoms with Crippen LogP contribution in [0.25, 0.3) is 0 Å². The molecule has 0 N–H and O–H groups in total. The quantitative estimate of drug-likeness (QED) is 0.699.